The summed E-state index contributed by atoms with van der Waals surface area (Å²) in [6.07, 6.45) is 0. The number of esters is 1. The number of carbonyl (C=O) groups excluding carboxylic acids is 2. The number of thiol groups is 1. The third-order valence-electron chi connectivity index (χ3n) is 3.67. The van der Waals surface area contributed by atoms with Gasteiger partial charge in [-0.05, 0) is 31.2 Å². The molecular formula is C18H19NO7S. The van der Waals surface area contributed by atoms with Crippen molar-refractivity contribution < 1.29 is 33.0 Å². The molecule has 0 saturated heterocycles. The summed E-state index contributed by atoms with van der Waals surface area (Å²) in [6, 6.07) is 7.51. The fraction of sp³-hybridized carbons (Fsp3) is 0.333. The summed E-state index contributed by atoms with van der Waals surface area (Å²) in [7, 11) is 0. The van der Waals surface area contributed by atoms with Gasteiger partial charge in [0.2, 0.25) is 6.79 Å². The zero-order valence-electron chi connectivity index (χ0n) is 14.6. The van der Waals surface area contributed by atoms with E-state index in [1.165, 1.54) is 6.07 Å². The summed E-state index contributed by atoms with van der Waals surface area (Å²) >= 11 is 4.06. The third kappa shape index (κ3) is 4.68. The number of benzene rings is 1. The zero-order chi connectivity index (χ0) is 19.2. The van der Waals surface area contributed by atoms with Gasteiger partial charge in [0.1, 0.15) is 24.2 Å². The summed E-state index contributed by atoms with van der Waals surface area (Å²) in [5.41, 5.74) is 0. The molecule has 1 aromatic carbocycles. The molecule has 3 rings (SSSR count). The van der Waals surface area contributed by atoms with E-state index in [1.807, 2.05) is 0 Å². The second-order valence-electron chi connectivity index (χ2n) is 5.53. The Morgan fingerprint density at radius 3 is 2.81 bits per heavy atom. The molecule has 0 spiro atoms. The maximum absolute atomic E-state index is 12.2. The van der Waals surface area contributed by atoms with Gasteiger partial charge in [-0.3, -0.25) is 4.79 Å². The SMILES string of the molecule is CCOC(=O)[C@H](CS)NC(=O)c1ccc(COc2ccc3c(c2)OCO3)o1. The molecule has 1 N–H and O–H groups in total. The molecule has 2 heterocycles. The van der Waals surface area contributed by atoms with Crippen molar-refractivity contribution in [2.75, 3.05) is 19.2 Å². The van der Waals surface area contributed by atoms with Crippen molar-refractivity contribution in [2.45, 2.75) is 19.6 Å². The largest absolute Gasteiger partial charge is 0.486 e. The van der Waals surface area contributed by atoms with Crippen LogP contribution in [-0.2, 0) is 16.1 Å². The summed E-state index contributed by atoms with van der Waals surface area (Å²) < 4.78 is 26.5. The highest BCUT2D eigenvalue weighted by atomic mass is 32.1. The minimum absolute atomic E-state index is 0.0652. The Bertz CT molecular complexity index is 820. The third-order valence-corrected chi connectivity index (χ3v) is 4.03. The molecule has 0 bridgehead atoms. The van der Waals surface area contributed by atoms with Gasteiger partial charge in [-0.15, -0.1) is 0 Å². The first-order valence-corrected chi connectivity index (χ1v) is 8.93. The first-order chi connectivity index (χ1) is 13.1. The van der Waals surface area contributed by atoms with Gasteiger partial charge in [0.05, 0.1) is 6.61 Å². The van der Waals surface area contributed by atoms with Crippen molar-refractivity contribution in [1.29, 1.82) is 0 Å². The molecular weight excluding hydrogens is 374 g/mol. The Morgan fingerprint density at radius 2 is 2.04 bits per heavy atom. The lowest BCUT2D eigenvalue weighted by molar-refractivity contribution is -0.144. The van der Waals surface area contributed by atoms with Crippen LogP contribution < -0.4 is 19.5 Å². The van der Waals surface area contributed by atoms with Crippen molar-refractivity contribution >= 4 is 24.5 Å². The molecule has 0 radical (unpaired) electrons. The standard InChI is InChI=1S/C18H19NO7S/c1-2-22-18(21)13(9-27)19-17(20)15-6-4-12(26-15)8-23-11-3-5-14-16(7-11)25-10-24-14/h3-7,13,27H,2,8-10H2,1H3,(H,19,20)/t13-/m0/s1. The molecule has 1 aliphatic heterocycles. The van der Waals surface area contributed by atoms with Crippen molar-refractivity contribution in [2.24, 2.45) is 0 Å². The number of carbonyl (C=O) groups is 2. The molecule has 2 aromatic rings. The van der Waals surface area contributed by atoms with E-state index in [-0.39, 0.29) is 31.5 Å². The van der Waals surface area contributed by atoms with E-state index in [9.17, 15) is 9.59 Å². The molecule has 27 heavy (non-hydrogen) atoms. The second kappa shape index (κ2) is 8.72. The quantitative estimate of drug-likeness (QED) is 0.524. The van der Waals surface area contributed by atoms with Crippen LogP contribution in [0.15, 0.2) is 34.7 Å². The number of hydrogen-bond acceptors (Lipinski definition) is 8. The van der Waals surface area contributed by atoms with Crippen LogP contribution in [0.1, 0.15) is 23.2 Å². The summed E-state index contributed by atoms with van der Waals surface area (Å²) in [6.45, 7) is 2.23. The van der Waals surface area contributed by atoms with E-state index >= 15 is 0 Å². The Kier molecular flexibility index (Phi) is 6.12. The van der Waals surface area contributed by atoms with Gasteiger partial charge >= 0.3 is 5.97 Å². The van der Waals surface area contributed by atoms with E-state index in [2.05, 4.69) is 17.9 Å². The molecule has 144 valence electrons. The van der Waals surface area contributed by atoms with Gasteiger partial charge in [-0.25, -0.2) is 4.79 Å². The van der Waals surface area contributed by atoms with E-state index in [1.54, 1.807) is 31.2 Å². The van der Waals surface area contributed by atoms with Gasteiger partial charge < -0.3 is 28.7 Å². The van der Waals surface area contributed by atoms with Crippen LogP contribution in [0.2, 0.25) is 0 Å². The lowest BCUT2D eigenvalue weighted by Gasteiger charge is -2.13. The fourth-order valence-corrected chi connectivity index (χ4v) is 2.59. The fourth-order valence-electron chi connectivity index (χ4n) is 2.35. The molecule has 8 nitrogen and oxygen atoms in total. The first-order valence-electron chi connectivity index (χ1n) is 8.30. The lowest BCUT2D eigenvalue weighted by Crippen LogP contribution is -2.43. The Labute approximate surface area is 161 Å². The van der Waals surface area contributed by atoms with Crippen molar-refractivity contribution in [3.63, 3.8) is 0 Å². The van der Waals surface area contributed by atoms with Gasteiger partial charge in [0, 0.05) is 11.8 Å². The Morgan fingerprint density at radius 1 is 1.22 bits per heavy atom. The molecule has 9 heteroatoms. The van der Waals surface area contributed by atoms with Crippen LogP contribution >= 0.6 is 12.6 Å². The number of furan rings is 1. The van der Waals surface area contributed by atoms with Gasteiger partial charge in [0.15, 0.2) is 17.3 Å². The maximum Gasteiger partial charge on any atom is 0.329 e. The number of hydrogen-bond donors (Lipinski definition) is 2. The number of amides is 1. The molecule has 0 unspecified atom stereocenters. The molecule has 1 amide bonds. The van der Waals surface area contributed by atoms with Crippen molar-refractivity contribution in [1.82, 2.24) is 5.32 Å². The van der Waals surface area contributed by atoms with Crippen LogP contribution in [0.4, 0.5) is 0 Å². The van der Waals surface area contributed by atoms with E-state index in [4.69, 9.17) is 23.4 Å². The highest BCUT2D eigenvalue weighted by molar-refractivity contribution is 7.80. The number of ether oxygens (including phenoxy) is 4. The number of rotatable bonds is 8. The molecule has 1 aromatic heterocycles. The molecule has 0 fully saturated rings. The highest BCUT2D eigenvalue weighted by Crippen LogP contribution is 2.35. The van der Waals surface area contributed by atoms with Crippen LogP contribution in [0.3, 0.4) is 0 Å². The van der Waals surface area contributed by atoms with Crippen LogP contribution in [0.5, 0.6) is 17.2 Å². The predicted molar refractivity (Wildman–Crippen MR) is 97.3 cm³/mol. The second-order valence-corrected chi connectivity index (χ2v) is 5.90. The number of fused-ring (bicyclic) bond motifs is 1. The number of nitrogens with one attached hydrogen (secondary N) is 1. The average molecular weight is 393 g/mol. The van der Waals surface area contributed by atoms with E-state index in [0.717, 1.165) is 0 Å². The van der Waals surface area contributed by atoms with Gasteiger partial charge in [-0.1, -0.05) is 0 Å². The normalized spacial score (nSPS) is 13.1. The first kappa shape index (κ1) is 19.0. The average Bonchev–Trinajstić information content (AvgIpc) is 3.33. The van der Waals surface area contributed by atoms with Crippen molar-refractivity contribution in [3.05, 3.63) is 41.9 Å². The maximum atomic E-state index is 12.2. The van der Waals surface area contributed by atoms with Crippen LogP contribution in [0.25, 0.3) is 0 Å². The van der Waals surface area contributed by atoms with Crippen LogP contribution in [0, 0.1) is 0 Å². The van der Waals surface area contributed by atoms with Gasteiger partial charge in [0.25, 0.3) is 5.91 Å². The zero-order valence-corrected chi connectivity index (χ0v) is 15.5. The minimum atomic E-state index is -0.848. The predicted octanol–water partition coefficient (Wildman–Crippen LogP) is 2.18. The monoisotopic (exact) mass is 393 g/mol. The molecule has 0 saturated carbocycles. The molecule has 1 atom stereocenters. The molecule has 0 aliphatic carbocycles. The van der Waals surface area contributed by atoms with Gasteiger partial charge in [-0.2, -0.15) is 12.6 Å². The Hall–Kier alpha value is -2.81. The summed E-state index contributed by atoms with van der Waals surface area (Å²) in [5, 5.41) is 2.53. The van der Waals surface area contributed by atoms with E-state index in [0.29, 0.717) is 23.0 Å². The minimum Gasteiger partial charge on any atom is -0.486 e. The highest BCUT2D eigenvalue weighted by Gasteiger charge is 2.23. The van der Waals surface area contributed by atoms with Crippen molar-refractivity contribution in [3.8, 4) is 17.2 Å². The summed E-state index contributed by atoms with van der Waals surface area (Å²) in [4.78, 5) is 24.0. The smallest absolute Gasteiger partial charge is 0.329 e. The molecule has 1 aliphatic rings. The topological polar surface area (TPSA) is 96.2 Å². The lowest BCUT2D eigenvalue weighted by atomic mass is 10.3. The van der Waals surface area contributed by atoms with Crippen LogP contribution in [-0.4, -0.2) is 37.1 Å². The Balaban J connectivity index is 1.56. The van der Waals surface area contributed by atoms with E-state index < -0.39 is 17.9 Å². The summed E-state index contributed by atoms with van der Waals surface area (Å²) in [5.74, 6) is 1.43.